The third-order valence-corrected chi connectivity index (χ3v) is 5.48. The minimum Gasteiger partial charge on any atom is -0.294 e. The Morgan fingerprint density at radius 1 is 0.704 bits per heavy atom. The van der Waals surface area contributed by atoms with Gasteiger partial charge in [-0.1, -0.05) is 134 Å². The molecule has 0 bridgehead atoms. The summed E-state index contributed by atoms with van der Waals surface area (Å²) in [6, 6.07) is 7.77. The summed E-state index contributed by atoms with van der Waals surface area (Å²) >= 11 is 0. The Labute approximate surface area is 168 Å². The fourth-order valence-electron chi connectivity index (χ4n) is 3.61. The van der Waals surface area contributed by atoms with Crippen LogP contribution in [-0.2, 0) is 0 Å². The first-order chi connectivity index (χ1) is 13.3. The summed E-state index contributed by atoms with van der Waals surface area (Å²) in [7, 11) is 0. The third kappa shape index (κ3) is 12.6. The normalized spacial score (nSPS) is 10.9. The van der Waals surface area contributed by atoms with Gasteiger partial charge in [-0.25, -0.2) is 0 Å². The molecule has 0 fully saturated rings. The van der Waals surface area contributed by atoms with E-state index in [1.165, 1.54) is 89.9 Å². The topological polar surface area (TPSA) is 17.1 Å². The number of carbonyl (C=O) groups is 1. The summed E-state index contributed by atoms with van der Waals surface area (Å²) in [5.74, 6) is 0.278. The van der Waals surface area contributed by atoms with Gasteiger partial charge in [0, 0.05) is 12.0 Å². The molecule has 0 aliphatic rings. The minimum absolute atomic E-state index is 0.278. The van der Waals surface area contributed by atoms with E-state index in [1.807, 2.05) is 30.3 Å². The highest BCUT2D eigenvalue weighted by Gasteiger charge is 2.05. The molecule has 27 heavy (non-hydrogen) atoms. The molecule has 1 heteroatoms. The maximum absolute atomic E-state index is 12.2. The van der Waals surface area contributed by atoms with Crippen molar-refractivity contribution in [3.05, 3.63) is 42.0 Å². The zero-order valence-corrected chi connectivity index (χ0v) is 17.8. The van der Waals surface area contributed by atoms with E-state index in [-0.39, 0.29) is 5.78 Å². The van der Waals surface area contributed by atoms with Gasteiger partial charge in [0.2, 0.25) is 0 Å². The lowest BCUT2D eigenvalue weighted by atomic mass is 10.0. The quantitative estimate of drug-likeness (QED) is 0.186. The van der Waals surface area contributed by atoms with Crippen LogP contribution in [0.1, 0.15) is 126 Å². The molecule has 0 amide bonds. The van der Waals surface area contributed by atoms with E-state index < -0.39 is 0 Å². The van der Waals surface area contributed by atoms with Crippen LogP contribution in [0.4, 0.5) is 0 Å². The molecular formula is C26H42O. The number of rotatable bonds is 18. The second-order valence-electron chi connectivity index (χ2n) is 7.95. The average molecular weight is 371 g/mol. The first-order valence-electron chi connectivity index (χ1n) is 11.5. The lowest BCUT2D eigenvalue weighted by Gasteiger charge is -2.04. The van der Waals surface area contributed by atoms with Crippen LogP contribution in [-0.4, -0.2) is 5.78 Å². The average Bonchev–Trinajstić information content (AvgIpc) is 2.70. The second-order valence-corrected chi connectivity index (χ2v) is 7.95. The number of carbonyl (C=O) groups excluding carboxylic acids is 1. The van der Waals surface area contributed by atoms with Crippen LogP contribution in [0.3, 0.4) is 0 Å². The first kappa shape index (κ1) is 23.7. The molecule has 0 saturated heterocycles. The van der Waals surface area contributed by atoms with Crippen LogP contribution in [0.25, 0.3) is 6.08 Å². The van der Waals surface area contributed by atoms with Gasteiger partial charge in [0.1, 0.15) is 0 Å². The number of benzene rings is 1. The van der Waals surface area contributed by atoms with Crippen molar-refractivity contribution >= 4 is 11.9 Å². The lowest BCUT2D eigenvalue weighted by molar-refractivity contribution is 0.0979. The van der Waals surface area contributed by atoms with E-state index in [9.17, 15) is 4.79 Å². The first-order valence-corrected chi connectivity index (χ1v) is 11.5. The van der Waals surface area contributed by atoms with Crippen molar-refractivity contribution in [3.63, 3.8) is 0 Å². The minimum atomic E-state index is 0.278. The molecule has 152 valence electrons. The van der Waals surface area contributed by atoms with Gasteiger partial charge in [-0.3, -0.25) is 4.79 Å². The highest BCUT2D eigenvalue weighted by atomic mass is 16.1. The Kier molecular flexibility index (Phi) is 14.7. The largest absolute Gasteiger partial charge is 0.294 e. The van der Waals surface area contributed by atoms with Crippen molar-refractivity contribution in [3.8, 4) is 0 Å². The van der Waals surface area contributed by atoms with Crippen molar-refractivity contribution in [2.45, 2.75) is 110 Å². The Morgan fingerprint density at radius 3 is 1.52 bits per heavy atom. The number of ketones is 1. The van der Waals surface area contributed by atoms with E-state index in [1.54, 1.807) is 0 Å². The van der Waals surface area contributed by atoms with Gasteiger partial charge in [-0.05, 0) is 12.0 Å². The predicted octanol–water partition coefficient (Wildman–Crippen LogP) is 8.77. The van der Waals surface area contributed by atoms with Gasteiger partial charge in [0.05, 0.1) is 0 Å². The van der Waals surface area contributed by atoms with Crippen molar-refractivity contribution in [2.75, 3.05) is 0 Å². The lowest BCUT2D eigenvalue weighted by Crippen LogP contribution is -1.98. The SMILES string of the molecule is C=Cc1ccc(C(=O)CCCCCCCCCCCCCCCCC)cc1. The highest BCUT2D eigenvalue weighted by Crippen LogP contribution is 2.15. The molecule has 0 aliphatic heterocycles. The van der Waals surface area contributed by atoms with Crippen molar-refractivity contribution in [1.29, 1.82) is 0 Å². The van der Waals surface area contributed by atoms with Crippen LogP contribution in [0, 0.1) is 0 Å². The third-order valence-electron chi connectivity index (χ3n) is 5.48. The summed E-state index contributed by atoms with van der Waals surface area (Å²) in [6.07, 6.45) is 22.9. The molecule has 1 aromatic carbocycles. The maximum Gasteiger partial charge on any atom is 0.162 e. The van der Waals surface area contributed by atoms with Gasteiger partial charge >= 0.3 is 0 Å². The molecule has 0 radical (unpaired) electrons. The van der Waals surface area contributed by atoms with Crippen molar-refractivity contribution in [2.24, 2.45) is 0 Å². The molecule has 1 nitrogen and oxygen atoms in total. The van der Waals surface area contributed by atoms with Crippen LogP contribution >= 0.6 is 0 Å². The number of Topliss-reactive ketones (excluding diaryl/α,β-unsaturated/α-hetero) is 1. The number of hydrogen-bond acceptors (Lipinski definition) is 1. The predicted molar refractivity (Wildman–Crippen MR) is 120 cm³/mol. The van der Waals surface area contributed by atoms with E-state index in [4.69, 9.17) is 0 Å². The molecule has 0 saturated carbocycles. The molecule has 0 heterocycles. The molecule has 1 aromatic rings. The molecule has 1 rings (SSSR count). The number of unbranched alkanes of at least 4 members (excludes halogenated alkanes) is 14. The number of hydrogen-bond donors (Lipinski definition) is 0. The Balaban J connectivity index is 1.86. The van der Waals surface area contributed by atoms with Crippen molar-refractivity contribution in [1.82, 2.24) is 0 Å². The molecule has 0 spiro atoms. The summed E-state index contributed by atoms with van der Waals surface area (Å²) < 4.78 is 0. The fraction of sp³-hybridized carbons (Fsp3) is 0.654. The smallest absolute Gasteiger partial charge is 0.162 e. The van der Waals surface area contributed by atoms with E-state index in [2.05, 4.69) is 13.5 Å². The van der Waals surface area contributed by atoms with Crippen LogP contribution in [0.5, 0.6) is 0 Å². The Bertz CT molecular complexity index is 485. The van der Waals surface area contributed by atoms with Crippen LogP contribution in [0.15, 0.2) is 30.8 Å². The van der Waals surface area contributed by atoms with E-state index in [0.717, 1.165) is 17.5 Å². The molecule has 0 unspecified atom stereocenters. The van der Waals surface area contributed by atoms with Gasteiger partial charge in [0.25, 0.3) is 0 Å². The Morgan fingerprint density at radius 2 is 1.11 bits per heavy atom. The molecule has 0 aromatic heterocycles. The fourth-order valence-corrected chi connectivity index (χ4v) is 3.61. The summed E-state index contributed by atoms with van der Waals surface area (Å²) in [4.78, 5) is 12.2. The van der Waals surface area contributed by atoms with E-state index >= 15 is 0 Å². The van der Waals surface area contributed by atoms with E-state index in [0.29, 0.717) is 6.42 Å². The van der Waals surface area contributed by atoms with Gasteiger partial charge in [-0.2, -0.15) is 0 Å². The summed E-state index contributed by atoms with van der Waals surface area (Å²) in [5.41, 5.74) is 1.91. The second kappa shape index (κ2) is 16.8. The summed E-state index contributed by atoms with van der Waals surface area (Å²) in [6.45, 7) is 6.02. The summed E-state index contributed by atoms with van der Waals surface area (Å²) in [5, 5.41) is 0. The molecule has 0 N–H and O–H groups in total. The van der Waals surface area contributed by atoms with Gasteiger partial charge < -0.3 is 0 Å². The molecule has 0 atom stereocenters. The zero-order valence-electron chi connectivity index (χ0n) is 17.8. The van der Waals surface area contributed by atoms with Crippen LogP contribution in [0.2, 0.25) is 0 Å². The monoisotopic (exact) mass is 370 g/mol. The molecule has 0 aliphatic carbocycles. The maximum atomic E-state index is 12.2. The van der Waals surface area contributed by atoms with Crippen molar-refractivity contribution < 1.29 is 4.79 Å². The Hall–Kier alpha value is -1.37. The zero-order chi connectivity index (χ0) is 19.6. The molecular weight excluding hydrogens is 328 g/mol. The van der Waals surface area contributed by atoms with Gasteiger partial charge in [0.15, 0.2) is 5.78 Å². The highest BCUT2D eigenvalue weighted by molar-refractivity contribution is 5.96. The van der Waals surface area contributed by atoms with Gasteiger partial charge in [-0.15, -0.1) is 0 Å². The standard InChI is InChI=1S/C26H42O/c1-3-5-6-7-8-9-10-11-12-13-14-15-16-17-18-19-26(27)25-22-20-24(4-2)21-23-25/h4,20-23H,2-3,5-19H2,1H3. The van der Waals surface area contributed by atoms with Crippen LogP contribution < -0.4 is 0 Å².